The minimum atomic E-state index is -0.830. The predicted molar refractivity (Wildman–Crippen MR) is 107 cm³/mol. The van der Waals surface area contributed by atoms with Crippen molar-refractivity contribution < 1.29 is 9.90 Å². The molecule has 0 aromatic heterocycles. The summed E-state index contributed by atoms with van der Waals surface area (Å²) in [6.45, 7) is 10.7. The van der Waals surface area contributed by atoms with Crippen molar-refractivity contribution in [2.75, 3.05) is 31.5 Å². The van der Waals surface area contributed by atoms with Crippen LogP contribution in [-0.2, 0) is 6.42 Å². The largest absolute Gasteiger partial charge is 0.478 e. The van der Waals surface area contributed by atoms with Gasteiger partial charge in [-0.3, -0.25) is 0 Å². The SMILES string of the molecule is CCCCNc1ccc(C(=O)O)c(CCN(CCCC)CCCC)c1. The van der Waals surface area contributed by atoms with Crippen LogP contribution in [0.15, 0.2) is 18.2 Å². The molecule has 0 saturated carbocycles. The Kier molecular flexibility index (Phi) is 11.0. The number of carboxylic acids is 1. The van der Waals surface area contributed by atoms with E-state index in [9.17, 15) is 9.90 Å². The minimum absolute atomic E-state index is 0.437. The molecule has 0 radical (unpaired) electrons. The molecule has 4 nitrogen and oxygen atoms in total. The van der Waals surface area contributed by atoms with E-state index in [4.69, 9.17) is 0 Å². The van der Waals surface area contributed by atoms with Crippen LogP contribution in [0.5, 0.6) is 0 Å². The van der Waals surface area contributed by atoms with E-state index in [1.165, 1.54) is 25.7 Å². The van der Waals surface area contributed by atoms with Crippen LogP contribution in [0, 0.1) is 0 Å². The first-order valence-electron chi connectivity index (χ1n) is 9.94. The lowest BCUT2D eigenvalue weighted by atomic mass is 10.0. The highest BCUT2D eigenvalue weighted by atomic mass is 16.4. The molecule has 0 atom stereocenters. The van der Waals surface area contributed by atoms with Crippen molar-refractivity contribution in [3.63, 3.8) is 0 Å². The molecule has 0 bridgehead atoms. The van der Waals surface area contributed by atoms with Gasteiger partial charge in [-0.25, -0.2) is 4.79 Å². The van der Waals surface area contributed by atoms with Gasteiger partial charge < -0.3 is 15.3 Å². The summed E-state index contributed by atoms with van der Waals surface area (Å²) in [5.74, 6) is -0.830. The zero-order valence-electron chi connectivity index (χ0n) is 16.3. The third kappa shape index (κ3) is 8.39. The van der Waals surface area contributed by atoms with Gasteiger partial charge in [0.15, 0.2) is 0 Å². The average Bonchev–Trinajstić information content (AvgIpc) is 2.61. The molecule has 25 heavy (non-hydrogen) atoms. The first-order valence-corrected chi connectivity index (χ1v) is 9.94. The average molecular weight is 349 g/mol. The number of nitrogens with one attached hydrogen (secondary N) is 1. The molecule has 0 heterocycles. The Balaban J connectivity index is 2.76. The summed E-state index contributed by atoms with van der Waals surface area (Å²) < 4.78 is 0. The number of carbonyl (C=O) groups is 1. The predicted octanol–water partition coefficient (Wildman–Crippen LogP) is 5.04. The zero-order valence-corrected chi connectivity index (χ0v) is 16.3. The van der Waals surface area contributed by atoms with Gasteiger partial charge in [0.25, 0.3) is 0 Å². The minimum Gasteiger partial charge on any atom is -0.478 e. The van der Waals surface area contributed by atoms with Gasteiger partial charge in [0.2, 0.25) is 0 Å². The molecule has 4 heteroatoms. The summed E-state index contributed by atoms with van der Waals surface area (Å²) in [6, 6.07) is 5.65. The van der Waals surface area contributed by atoms with Crippen molar-refractivity contribution in [2.24, 2.45) is 0 Å². The Hall–Kier alpha value is -1.55. The van der Waals surface area contributed by atoms with E-state index in [-0.39, 0.29) is 0 Å². The molecule has 2 N–H and O–H groups in total. The normalized spacial score (nSPS) is 11.0. The lowest BCUT2D eigenvalue weighted by Crippen LogP contribution is -2.28. The van der Waals surface area contributed by atoms with Crippen LogP contribution in [0.4, 0.5) is 5.69 Å². The maximum atomic E-state index is 11.5. The maximum Gasteiger partial charge on any atom is 0.335 e. The summed E-state index contributed by atoms with van der Waals surface area (Å²) in [4.78, 5) is 14.0. The van der Waals surface area contributed by atoms with Gasteiger partial charge in [-0.15, -0.1) is 0 Å². The smallest absolute Gasteiger partial charge is 0.335 e. The highest BCUT2D eigenvalue weighted by Crippen LogP contribution is 2.18. The van der Waals surface area contributed by atoms with Crippen LogP contribution in [0.1, 0.15) is 75.2 Å². The fourth-order valence-corrected chi connectivity index (χ4v) is 2.91. The van der Waals surface area contributed by atoms with E-state index in [1.807, 2.05) is 12.1 Å². The molecule has 0 saturated heterocycles. The highest BCUT2D eigenvalue weighted by Gasteiger charge is 2.12. The second-order valence-electron chi connectivity index (χ2n) is 6.76. The van der Waals surface area contributed by atoms with E-state index in [1.54, 1.807) is 6.07 Å². The van der Waals surface area contributed by atoms with Gasteiger partial charge in [0.05, 0.1) is 5.56 Å². The van der Waals surface area contributed by atoms with Crippen molar-refractivity contribution >= 4 is 11.7 Å². The summed E-state index contributed by atoms with van der Waals surface area (Å²) in [5.41, 5.74) is 2.40. The molecule has 0 unspecified atom stereocenters. The molecule has 0 amide bonds. The number of anilines is 1. The summed E-state index contributed by atoms with van der Waals surface area (Å²) in [6.07, 6.45) is 7.86. The molecular weight excluding hydrogens is 312 g/mol. The fourth-order valence-electron chi connectivity index (χ4n) is 2.91. The number of aromatic carboxylic acids is 1. The fraction of sp³-hybridized carbons (Fsp3) is 0.667. The monoisotopic (exact) mass is 348 g/mol. The second-order valence-corrected chi connectivity index (χ2v) is 6.76. The molecule has 1 aromatic carbocycles. The Bertz CT molecular complexity index is 495. The van der Waals surface area contributed by atoms with Gasteiger partial charge in [0.1, 0.15) is 0 Å². The molecule has 0 aliphatic rings. The van der Waals surface area contributed by atoms with E-state index in [0.29, 0.717) is 5.56 Å². The van der Waals surface area contributed by atoms with Crippen molar-refractivity contribution in [3.8, 4) is 0 Å². The summed E-state index contributed by atoms with van der Waals surface area (Å²) in [7, 11) is 0. The van der Waals surface area contributed by atoms with Gasteiger partial charge in [-0.05, 0) is 62.5 Å². The zero-order chi connectivity index (χ0) is 18.5. The summed E-state index contributed by atoms with van der Waals surface area (Å²) >= 11 is 0. The van der Waals surface area contributed by atoms with Gasteiger partial charge in [-0.2, -0.15) is 0 Å². The van der Waals surface area contributed by atoms with Crippen molar-refractivity contribution in [3.05, 3.63) is 29.3 Å². The second kappa shape index (κ2) is 12.8. The topological polar surface area (TPSA) is 52.6 Å². The van der Waals surface area contributed by atoms with Gasteiger partial charge in [0, 0.05) is 18.8 Å². The van der Waals surface area contributed by atoms with E-state index >= 15 is 0 Å². The Morgan fingerprint density at radius 2 is 1.64 bits per heavy atom. The lowest BCUT2D eigenvalue weighted by molar-refractivity contribution is 0.0695. The van der Waals surface area contributed by atoms with E-state index < -0.39 is 5.97 Å². The van der Waals surface area contributed by atoms with Crippen LogP contribution in [0.2, 0.25) is 0 Å². The molecule has 142 valence electrons. The standard InChI is InChI=1S/C21H36N2O2/c1-4-7-13-22-19-10-11-20(21(24)25)18(17-19)12-16-23(14-8-5-2)15-9-6-3/h10-11,17,22H,4-9,12-16H2,1-3H3,(H,24,25). The Labute approximate surface area is 153 Å². The van der Waals surface area contributed by atoms with Gasteiger partial charge >= 0.3 is 5.97 Å². The first kappa shape index (κ1) is 21.5. The molecule has 0 aliphatic heterocycles. The summed E-state index contributed by atoms with van der Waals surface area (Å²) in [5, 5.41) is 12.9. The van der Waals surface area contributed by atoms with Crippen LogP contribution in [0.25, 0.3) is 0 Å². The number of unbranched alkanes of at least 4 members (excludes halogenated alkanes) is 3. The van der Waals surface area contributed by atoms with Crippen LogP contribution >= 0.6 is 0 Å². The number of hydrogen-bond donors (Lipinski definition) is 2. The van der Waals surface area contributed by atoms with Crippen LogP contribution in [0.3, 0.4) is 0 Å². The van der Waals surface area contributed by atoms with Gasteiger partial charge in [-0.1, -0.05) is 40.0 Å². The van der Waals surface area contributed by atoms with Crippen molar-refractivity contribution in [1.29, 1.82) is 0 Å². The molecule has 0 aliphatic carbocycles. The molecule has 1 rings (SSSR count). The Morgan fingerprint density at radius 1 is 1.00 bits per heavy atom. The van der Waals surface area contributed by atoms with E-state index in [2.05, 4.69) is 31.0 Å². The number of rotatable bonds is 14. The number of carboxylic acid groups (broad SMARTS) is 1. The third-order valence-electron chi connectivity index (χ3n) is 4.55. The molecular formula is C21H36N2O2. The molecule has 0 spiro atoms. The maximum absolute atomic E-state index is 11.5. The number of hydrogen-bond acceptors (Lipinski definition) is 3. The highest BCUT2D eigenvalue weighted by molar-refractivity contribution is 5.90. The number of nitrogens with zero attached hydrogens (tertiary/aromatic N) is 1. The van der Waals surface area contributed by atoms with Crippen molar-refractivity contribution in [1.82, 2.24) is 4.90 Å². The third-order valence-corrected chi connectivity index (χ3v) is 4.55. The van der Waals surface area contributed by atoms with Crippen molar-refractivity contribution in [2.45, 2.75) is 65.7 Å². The quantitative estimate of drug-likeness (QED) is 0.462. The molecule has 1 aromatic rings. The molecule has 0 fully saturated rings. The Morgan fingerprint density at radius 3 is 2.20 bits per heavy atom. The van der Waals surface area contributed by atoms with Crippen LogP contribution < -0.4 is 5.32 Å². The first-order chi connectivity index (χ1) is 12.1. The van der Waals surface area contributed by atoms with E-state index in [0.717, 1.165) is 56.7 Å². The van der Waals surface area contributed by atoms with Crippen LogP contribution in [-0.4, -0.2) is 42.2 Å². The lowest BCUT2D eigenvalue weighted by Gasteiger charge is -2.22. The number of benzene rings is 1.